The zero-order valence-corrected chi connectivity index (χ0v) is 11.8. The number of aryl methyl sites for hydroxylation is 1. The van der Waals surface area contributed by atoms with Gasteiger partial charge in [-0.05, 0) is 25.7 Å². The largest absolute Gasteiger partial charge is 0.456 e. The van der Waals surface area contributed by atoms with Crippen LogP contribution in [0.25, 0.3) is 10.9 Å². The fourth-order valence-electron chi connectivity index (χ4n) is 1.72. The highest BCUT2D eigenvalue weighted by Gasteiger charge is 2.15. The molecule has 0 unspecified atom stereocenters. The zero-order valence-electron chi connectivity index (χ0n) is 10.8. The minimum atomic E-state index is -1.58. The zero-order chi connectivity index (χ0) is 12.5. The van der Waals surface area contributed by atoms with Crippen LogP contribution in [0.1, 0.15) is 5.56 Å². The molecule has 2 rings (SSSR count). The number of benzene rings is 1. The third-order valence-corrected chi connectivity index (χ3v) is 3.10. The van der Waals surface area contributed by atoms with Gasteiger partial charge < -0.3 is 9.09 Å². The van der Waals surface area contributed by atoms with Crippen molar-refractivity contribution in [2.75, 3.05) is 0 Å². The van der Waals surface area contributed by atoms with E-state index in [4.69, 9.17) is 4.53 Å². The van der Waals surface area contributed by atoms with Crippen LogP contribution in [0.2, 0.25) is 19.6 Å². The van der Waals surface area contributed by atoms with Crippen LogP contribution >= 0.6 is 0 Å². The maximum Gasteiger partial charge on any atom is 0.278 e. The maximum absolute atomic E-state index is 5.49. The van der Waals surface area contributed by atoms with Gasteiger partial charge in [0.2, 0.25) is 0 Å². The normalized spacial score (nSPS) is 12.5. The van der Waals surface area contributed by atoms with Gasteiger partial charge >= 0.3 is 0 Å². The highest BCUT2D eigenvalue weighted by atomic mass is 28.4. The summed E-state index contributed by atoms with van der Waals surface area (Å²) >= 11 is 0. The number of hydrogen-bond acceptors (Lipinski definition) is 2. The SMILES string of the molecule is Cn1cc(C=NO[Si](C)(C)C)c2ccccc21. The van der Waals surface area contributed by atoms with Crippen molar-refractivity contribution >= 4 is 25.4 Å². The fraction of sp³-hybridized carbons (Fsp3) is 0.308. The second-order valence-corrected chi connectivity index (χ2v) is 9.56. The van der Waals surface area contributed by atoms with E-state index in [1.165, 1.54) is 10.9 Å². The van der Waals surface area contributed by atoms with Gasteiger partial charge in [0.1, 0.15) is 0 Å². The standard InChI is InChI=1S/C13H18N2OSi/c1-15-10-11(9-14-16-17(2,3)4)12-7-5-6-8-13(12)15/h5-10H,1-4H3. The number of para-hydroxylation sites is 1. The van der Waals surface area contributed by atoms with Crippen LogP contribution in [0.15, 0.2) is 35.6 Å². The summed E-state index contributed by atoms with van der Waals surface area (Å²) in [6.07, 6.45) is 3.88. The monoisotopic (exact) mass is 246 g/mol. The van der Waals surface area contributed by atoms with Crippen LogP contribution in [0.5, 0.6) is 0 Å². The van der Waals surface area contributed by atoms with E-state index in [1.807, 2.05) is 19.2 Å². The minimum Gasteiger partial charge on any atom is -0.456 e. The van der Waals surface area contributed by atoms with Crippen molar-refractivity contribution in [1.29, 1.82) is 0 Å². The van der Waals surface area contributed by atoms with Crippen LogP contribution in [-0.2, 0) is 11.6 Å². The Hall–Kier alpha value is -1.55. The van der Waals surface area contributed by atoms with Gasteiger partial charge in [0, 0.05) is 29.7 Å². The first kappa shape index (κ1) is 11.9. The van der Waals surface area contributed by atoms with Gasteiger partial charge in [-0.15, -0.1) is 5.16 Å². The van der Waals surface area contributed by atoms with E-state index in [0.717, 1.165) is 5.56 Å². The van der Waals surface area contributed by atoms with E-state index >= 15 is 0 Å². The van der Waals surface area contributed by atoms with Crippen molar-refractivity contribution in [2.45, 2.75) is 19.6 Å². The minimum absolute atomic E-state index is 1.10. The fourth-order valence-corrected chi connectivity index (χ4v) is 2.09. The number of fused-ring (bicyclic) bond motifs is 1. The second kappa shape index (κ2) is 4.37. The van der Waals surface area contributed by atoms with Gasteiger partial charge in [0.15, 0.2) is 0 Å². The van der Waals surface area contributed by atoms with E-state index < -0.39 is 8.32 Å². The van der Waals surface area contributed by atoms with Gasteiger partial charge in [-0.1, -0.05) is 18.2 Å². The van der Waals surface area contributed by atoms with Crippen LogP contribution in [0.3, 0.4) is 0 Å². The molecule has 0 aliphatic carbocycles. The maximum atomic E-state index is 5.49. The molecule has 0 amide bonds. The Morgan fingerprint density at radius 3 is 2.65 bits per heavy atom. The molecule has 17 heavy (non-hydrogen) atoms. The van der Waals surface area contributed by atoms with Crippen LogP contribution in [-0.4, -0.2) is 19.1 Å². The highest BCUT2D eigenvalue weighted by Crippen LogP contribution is 2.18. The van der Waals surface area contributed by atoms with Crippen molar-refractivity contribution in [2.24, 2.45) is 12.2 Å². The number of hydrogen-bond donors (Lipinski definition) is 0. The van der Waals surface area contributed by atoms with Gasteiger partial charge in [-0.3, -0.25) is 0 Å². The summed E-state index contributed by atoms with van der Waals surface area (Å²) in [6, 6.07) is 8.29. The van der Waals surface area contributed by atoms with E-state index in [-0.39, 0.29) is 0 Å². The predicted octanol–water partition coefficient (Wildman–Crippen LogP) is 3.36. The molecule has 1 aromatic heterocycles. The molecule has 0 aliphatic rings. The second-order valence-electron chi connectivity index (χ2n) is 5.15. The molecular weight excluding hydrogens is 228 g/mol. The van der Waals surface area contributed by atoms with Gasteiger partial charge in [-0.2, -0.15) is 0 Å². The number of aromatic nitrogens is 1. The Morgan fingerprint density at radius 2 is 1.94 bits per heavy atom. The van der Waals surface area contributed by atoms with E-state index in [0.29, 0.717) is 0 Å². The molecule has 0 radical (unpaired) electrons. The first-order valence-corrected chi connectivity index (χ1v) is 9.14. The molecule has 0 atom stereocenters. The Balaban J connectivity index is 2.31. The summed E-state index contributed by atoms with van der Waals surface area (Å²) in [7, 11) is 0.464. The number of oxime groups is 1. The Kier molecular flexibility index (Phi) is 3.06. The van der Waals surface area contributed by atoms with E-state index in [2.05, 4.69) is 47.7 Å². The van der Waals surface area contributed by atoms with Crippen LogP contribution in [0, 0.1) is 0 Å². The smallest absolute Gasteiger partial charge is 0.278 e. The molecule has 0 bridgehead atoms. The molecule has 4 heteroatoms. The van der Waals surface area contributed by atoms with Crippen molar-refractivity contribution in [1.82, 2.24) is 4.57 Å². The van der Waals surface area contributed by atoms with Crippen molar-refractivity contribution in [3.05, 3.63) is 36.0 Å². The average molecular weight is 246 g/mol. The lowest BCUT2D eigenvalue weighted by atomic mass is 10.2. The third-order valence-electron chi connectivity index (χ3n) is 2.45. The van der Waals surface area contributed by atoms with Crippen LogP contribution < -0.4 is 0 Å². The number of rotatable bonds is 3. The lowest BCUT2D eigenvalue weighted by Crippen LogP contribution is -2.22. The van der Waals surface area contributed by atoms with Crippen molar-refractivity contribution in [3.63, 3.8) is 0 Å². The molecule has 2 aromatic rings. The summed E-state index contributed by atoms with van der Waals surface area (Å²) in [6.45, 7) is 6.36. The first-order valence-electron chi connectivity index (χ1n) is 5.73. The molecule has 0 fully saturated rings. The molecule has 0 saturated carbocycles. The topological polar surface area (TPSA) is 26.5 Å². The lowest BCUT2D eigenvalue weighted by Gasteiger charge is -2.11. The molecule has 0 spiro atoms. The summed E-state index contributed by atoms with van der Waals surface area (Å²) in [5.41, 5.74) is 2.31. The highest BCUT2D eigenvalue weighted by molar-refractivity contribution is 6.69. The van der Waals surface area contributed by atoms with Gasteiger partial charge in [0.05, 0.1) is 6.21 Å². The molecule has 1 aromatic carbocycles. The molecule has 0 N–H and O–H groups in total. The van der Waals surface area contributed by atoms with Gasteiger partial charge in [0.25, 0.3) is 8.32 Å². The first-order chi connectivity index (χ1) is 7.97. The van der Waals surface area contributed by atoms with E-state index in [9.17, 15) is 0 Å². The summed E-state index contributed by atoms with van der Waals surface area (Å²) in [5, 5.41) is 5.31. The Bertz CT molecular complexity index is 552. The summed E-state index contributed by atoms with van der Waals surface area (Å²) in [5.74, 6) is 0. The van der Waals surface area contributed by atoms with Crippen molar-refractivity contribution < 1.29 is 4.53 Å². The van der Waals surface area contributed by atoms with Crippen molar-refractivity contribution in [3.8, 4) is 0 Å². The lowest BCUT2D eigenvalue weighted by molar-refractivity contribution is 0.338. The molecule has 3 nitrogen and oxygen atoms in total. The van der Waals surface area contributed by atoms with E-state index in [1.54, 1.807) is 6.21 Å². The molecular formula is C13H18N2OSi. The number of nitrogens with zero attached hydrogens (tertiary/aromatic N) is 2. The predicted molar refractivity (Wildman–Crippen MR) is 74.9 cm³/mol. The van der Waals surface area contributed by atoms with Crippen LogP contribution in [0.4, 0.5) is 0 Å². The Morgan fingerprint density at radius 1 is 1.24 bits per heavy atom. The molecule has 0 aliphatic heterocycles. The van der Waals surface area contributed by atoms with Gasteiger partial charge in [-0.25, -0.2) is 0 Å². The molecule has 0 saturated heterocycles. The summed E-state index contributed by atoms with van der Waals surface area (Å²) < 4.78 is 7.59. The summed E-state index contributed by atoms with van der Waals surface area (Å²) in [4.78, 5) is 0. The average Bonchev–Trinajstić information content (AvgIpc) is 2.55. The molecule has 90 valence electrons. The quantitative estimate of drug-likeness (QED) is 0.463. The third kappa shape index (κ3) is 2.77. The molecule has 1 heterocycles. The Labute approximate surface area is 103 Å².